The minimum Gasteiger partial charge on any atom is -0.380 e. The normalized spacial score (nSPS) is 10.8. The van der Waals surface area contributed by atoms with Crippen molar-refractivity contribution >= 4 is 0 Å². The summed E-state index contributed by atoms with van der Waals surface area (Å²) in [6.07, 6.45) is 5.00. The fourth-order valence-corrected chi connectivity index (χ4v) is 1.40. The SMILES string of the molecule is CCCNCc1nccn1CCOCC. The molecular formula is C11H21N3O. The van der Waals surface area contributed by atoms with E-state index in [1.807, 2.05) is 19.3 Å². The average molecular weight is 211 g/mol. The molecule has 1 aromatic rings. The number of aromatic nitrogens is 2. The van der Waals surface area contributed by atoms with Crippen LogP contribution in [0.15, 0.2) is 12.4 Å². The summed E-state index contributed by atoms with van der Waals surface area (Å²) in [5, 5.41) is 3.34. The monoisotopic (exact) mass is 211 g/mol. The fraction of sp³-hybridized carbons (Fsp3) is 0.727. The molecule has 4 heteroatoms. The zero-order valence-electron chi connectivity index (χ0n) is 9.70. The number of imidazole rings is 1. The Hall–Kier alpha value is -0.870. The van der Waals surface area contributed by atoms with Crippen molar-refractivity contribution in [3.63, 3.8) is 0 Å². The van der Waals surface area contributed by atoms with Crippen LogP contribution in [0.5, 0.6) is 0 Å². The van der Waals surface area contributed by atoms with Gasteiger partial charge in [-0.2, -0.15) is 0 Å². The Morgan fingerprint density at radius 2 is 2.33 bits per heavy atom. The van der Waals surface area contributed by atoms with Gasteiger partial charge in [-0.05, 0) is 19.9 Å². The zero-order chi connectivity index (χ0) is 10.9. The Balaban J connectivity index is 2.32. The lowest BCUT2D eigenvalue weighted by Crippen LogP contribution is -2.18. The van der Waals surface area contributed by atoms with E-state index in [2.05, 4.69) is 21.8 Å². The molecule has 0 unspecified atom stereocenters. The van der Waals surface area contributed by atoms with Crippen LogP contribution in [-0.4, -0.2) is 29.3 Å². The maximum atomic E-state index is 5.32. The second kappa shape index (κ2) is 7.43. The molecule has 0 amide bonds. The summed E-state index contributed by atoms with van der Waals surface area (Å²) >= 11 is 0. The van der Waals surface area contributed by atoms with Crippen LogP contribution in [0.2, 0.25) is 0 Å². The third kappa shape index (κ3) is 4.44. The molecule has 0 spiro atoms. The summed E-state index contributed by atoms with van der Waals surface area (Å²) < 4.78 is 7.46. The summed E-state index contributed by atoms with van der Waals surface area (Å²) in [5.41, 5.74) is 0. The van der Waals surface area contributed by atoms with Crippen LogP contribution in [0.3, 0.4) is 0 Å². The molecular weight excluding hydrogens is 190 g/mol. The van der Waals surface area contributed by atoms with Gasteiger partial charge < -0.3 is 14.6 Å². The van der Waals surface area contributed by atoms with E-state index in [0.29, 0.717) is 0 Å². The Bertz CT molecular complexity index is 236. The first-order valence-corrected chi connectivity index (χ1v) is 5.67. The Labute approximate surface area is 91.7 Å². The van der Waals surface area contributed by atoms with Gasteiger partial charge >= 0.3 is 0 Å². The first-order chi connectivity index (χ1) is 7.38. The van der Waals surface area contributed by atoms with Crippen molar-refractivity contribution < 1.29 is 4.74 Å². The first kappa shape index (κ1) is 12.2. The van der Waals surface area contributed by atoms with Gasteiger partial charge in [0.05, 0.1) is 13.2 Å². The molecule has 0 radical (unpaired) electrons. The van der Waals surface area contributed by atoms with Gasteiger partial charge in [0.1, 0.15) is 5.82 Å². The van der Waals surface area contributed by atoms with E-state index in [4.69, 9.17) is 4.74 Å². The van der Waals surface area contributed by atoms with E-state index < -0.39 is 0 Å². The van der Waals surface area contributed by atoms with Gasteiger partial charge in [-0.15, -0.1) is 0 Å². The third-order valence-electron chi connectivity index (χ3n) is 2.19. The first-order valence-electron chi connectivity index (χ1n) is 5.67. The summed E-state index contributed by atoms with van der Waals surface area (Å²) in [6, 6.07) is 0. The smallest absolute Gasteiger partial charge is 0.122 e. The minimum atomic E-state index is 0.758. The van der Waals surface area contributed by atoms with Gasteiger partial charge in [0.25, 0.3) is 0 Å². The summed E-state index contributed by atoms with van der Waals surface area (Å²) in [5.74, 6) is 1.09. The highest BCUT2D eigenvalue weighted by Crippen LogP contribution is 1.97. The number of rotatable bonds is 8. The molecule has 0 saturated heterocycles. The highest BCUT2D eigenvalue weighted by molar-refractivity contribution is 4.91. The second-order valence-electron chi connectivity index (χ2n) is 3.41. The summed E-state index contributed by atoms with van der Waals surface area (Å²) in [4.78, 5) is 4.31. The molecule has 0 bridgehead atoms. The lowest BCUT2D eigenvalue weighted by atomic mass is 10.4. The van der Waals surface area contributed by atoms with Crippen LogP contribution < -0.4 is 5.32 Å². The molecule has 86 valence electrons. The lowest BCUT2D eigenvalue weighted by molar-refractivity contribution is 0.138. The maximum Gasteiger partial charge on any atom is 0.122 e. The number of hydrogen-bond donors (Lipinski definition) is 1. The summed E-state index contributed by atoms with van der Waals surface area (Å²) in [7, 11) is 0. The van der Waals surface area contributed by atoms with Gasteiger partial charge in [-0.3, -0.25) is 0 Å². The van der Waals surface area contributed by atoms with E-state index in [1.54, 1.807) is 0 Å². The van der Waals surface area contributed by atoms with Crippen molar-refractivity contribution in [2.75, 3.05) is 19.8 Å². The van der Waals surface area contributed by atoms with E-state index in [0.717, 1.165) is 45.1 Å². The van der Waals surface area contributed by atoms with E-state index >= 15 is 0 Å². The van der Waals surface area contributed by atoms with E-state index in [1.165, 1.54) is 0 Å². The fourth-order valence-electron chi connectivity index (χ4n) is 1.40. The average Bonchev–Trinajstić information content (AvgIpc) is 2.67. The topological polar surface area (TPSA) is 39.1 Å². The highest BCUT2D eigenvalue weighted by Gasteiger charge is 2.01. The van der Waals surface area contributed by atoms with Crippen LogP contribution in [0.1, 0.15) is 26.1 Å². The number of nitrogens with zero attached hydrogens (tertiary/aromatic N) is 2. The highest BCUT2D eigenvalue weighted by atomic mass is 16.5. The van der Waals surface area contributed by atoms with Gasteiger partial charge in [0, 0.05) is 25.5 Å². The maximum absolute atomic E-state index is 5.32. The van der Waals surface area contributed by atoms with Gasteiger partial charge in [0.2, 0.25) is 0 Å². The van der Waals surface area contributed by atoms with Crippen molar-refractivity contribution in [3.8, 4) is 0 Å². The third-order valence-corrected chi connectivity index (χ3v) is 2.19. The quantitative estimate of drug-likeness (QED) is 0.661. The van der Waals surface area contributed by atoms with Crippen LogP contribution in [-0.2, 0) is 17.8 Å². The van der Waals surface area contributed by atoms with Gasteiger partial charge in [0.15, 0.2) is 0 Å². The molecule has 0 atom stereocenters. The lowest BCUT2D eigenvalue weighted by Gasteiger charge is -2.08. The molecule has 1 heterocycles. The predicted octanol–water partition coefficient (Wildman–Crippen LogP) is 1.42. The molecule has 1 N–H and O–H groups in total. The molecule has 0 aliphatic heterocycles. The van der Waals surface area contributed by atoms with Crippen LogP contribution >= 0.6 is 0 Å². The molecule has 0 aliphatic carbocycles. The van der Waals surface area contributed by atoms with E-state index in [-0.39, 0.29) is 0 Å². The van der Waals surface area contributed by atoms with Crippen molar-refractivity contribution in [1.29, 1.82) is 0 Å². The van der Waals surface area contributed by atoms with Crippen molar-refractivity contribution in [3.05, 3.63) is 18.2 Å². The Morgan fingerprint density at radius 1 is 1.47 bits per heavy atom. The molecule has 0 aliphatic rings. The van der Waals surface area contributed by atoms with Crippen LogP contribution in [0.25, 0.3) is 0 Å². The van der Waals surface area contributed by atoms with Crippen molar-refractivity contribution in [2.45, 2.75) is 33.4 Å². The van der Waals surface area contributed by atoms with Crippen LogP contribution in [0, 0.1) is 0 Å². The number of ether oxygens (including phenoxy) is 1. The van der Waals surface area contributed by atoms with Gasteiger partial charge in [-0.25, -0.2) is 4.98 Å². The number of hydrogen-bond acceptors (Lipinski definition) is 3. The Kier molecular flexibility index (Phi) is 6.04. The molecule has 0 fully saturated rings. The van der Waals surface area contributed by atoms with E-state index in [9.17, 15) is 0 Å². The number of nitrogens with one attached hydrogen (secondary N) is 1. The van der Waals surface area contributed by atoms with Crippen LogP contribution in [0.4, 0.5) is 0 Å². The molecule has 4 nitrogen and oxygen atoms in total. The molecule has 0 saturated carbocycles. The van der Waals surface area contributed by atoms with Crippen molar-refractivity contribution in [1.82, 2.24) is 14.9 Å². The largest absolute Gasteiger partial charge is 0.380 e. The molecule has 0 aromatic carbocycles. The molecule has 1 rings (SSSR count). The zero-order valence-corrected chi connectivity index (χ0v) is 9.70. The molecule has 15 heavy (non-hydrogen) atoms. The standard InChI is InChI=1S/C11H21N3O/c1-3-5-12-10-11-13-6-7-14(11)8-9-15-4-2/h6-7,12H,3-5,8-10H2,1-2H3. The van der Waals surface area contributed by atoms with Crippen molar-refractivity contribution in [2.24, 2.45) is 0 Å². The van der Waals surface area contributed by atoms with Gasteiger partial charge in [-0.1, -0.05) is 6.92 Å². The Morgan fingerprint density at radius 3 is 3.07 bits per heavy atom. The summed E-state index contributed by atoms with van der Waals surface area (Å²) in [6.45, 7) is 8.47. The predicted molar refractivity (Wildman–Crippen MR) is 60.7 cm³/mol. The molecule has 1 aromatic heterocycles. The second-order valence-corrected chi connectivity index (χ2v) is 3.41. The minimum absolute atomic E-state index is 0.758.